The molecule has 0 saturated heterocycles. The number of fused-ring (bicyclic) bond motifs is 2. The van der Waals surface area contributed by atoms with Crippen molar-refractivity contribution in [3.05, 3.63) is 94.0 Å². The highest BCUT2D eigenvalue weighted by molar-refractivity contribution is 5.76. The summed E-state index contributed by atoms with van der Waals surface area (Å²) in [5.41, 5.74) is 6.71. The number of methoxy groups -OCH3 is 3. The van der Waals surface area contributed by atoms with Crippen LogP contribution in [0.5, 0.6) is 46.0 Å². The summed E-state index contributed by atoms with van der Waals surface area (Å²) in [6, 6.07) is 20.6. The molecule has 0 spiro atoms. The molecule has 8 rings (SSSR count). The van der Waals surface area contributed by atoms with Gasteiger partial charge in [0.05, 0.1) is 21.3 Å². The molecule has 9 nitrogen and oxygen atoms in total. The minimum Gasteiger partial charge on any atom is -0.493 e. The molecule has 0 saturated carbocycles. The second-order valence-electron chi connectivity index (χ2n) is 13.1. The third-order valence-corrected chi connectivity index (χ3v) is 10.1. The number of likely N-dealkylation sites (N-methyl/N-ethyl adjacent to an activating group) is 2. The Bertz CT molecular complexity index is 1870. The summed E-state index contributed by atoms with van der Waals surface area (Å²) in [6.45, 7) is 3.53. The quantitative estimate of drug-likeness (QED) is 0.160. The number of carbonyl (C=O) groups is 1. The van der Waals surface area contributed by atoms with Gasteiger partial charge in [0.15, 0.2) is 34.5 Å². The highest BCUT2D eigenvalue weighted by atomic mass is 16.6. The molecule has 0 fully saturated rings. The monoisotopic (exact) mass is 664 g/mol. The Morgan fingerprint density at radius 2 is 1.37 bits per heavy atom. The van der Waals surface area contributed by atoms with Gasteiger partial charge in [-0.2, -0.15) is 0 Å². The number of nitrogens with zero attached hydrogens (tertiary/aromatic N) is 2. The zero-order chi connectivity index (χ0) is 34.2. The van der Waals surface area contributed by atoms with Gasteiger partial charge in [-0.15, -0.1) is 0 Å². The molecule has 0 amide bonds. The zero-order valence-corrected chi connectivity index (χ0v) is 29.1. The molecule has 0 aliphatic carbocycles. The van der Waals surface area contributed by atoms with Crippen molar-refractivity contribution in [2.45, 2.75) is 51.1 Å². The van der Waals surface area contributed by atoms with Crippen LogP contribution < -0.4 is 28.4 Å². The Balaban J connectivity index is 1.48. The second kappa shape index (κ2) is 13.6. The van der Waals surface area contributed by atoms with E-state index in [0.717, 1.165) is 54.8 Å². The van der Waals surface area contributed by atoms with Gasteiger partial charge in [-0.25, -0.2) is 0 Å². The van der Waals surface area contributed by atoms with Gasteiger partial charge in [0.1, 0.15) is 5.75 Å². The predicted molar refractivity (Wildman–Crippen MR) is 187 cm³/mol. The zero-order valence-electron chi connectivity index (χ0n) is 29.1. The van der Waals surface area contributed by atoms with Crippen LogP contribution in [0.4, 0.5) is 0 Å². The van der Waals surface area contributed by atoms with Crippen LogP contribution in [0, 0.1) is 0 Å². The van der Waals surface area contributed by atoms with Crippen molar-refractivity contribution in [3.8, 4) is 46.0 Å². The summed E-state index contributed by atoms with van der Waals surface area (Å²) in [5.74, 6) is 4.06. The molecular weight excluding hydrogens is 620 g/mol. The lowest BCUT2D eigenvalue weighted by atomic mass is 9.87. The minimum atomic E-state index is -0.375. The van der Waals surface area contributed by atoms with E-state index in [0.29, 0.717) is 40.9 Å². The first-order chi connectivity index (χ1) is 23.8. The number of rotatable bonds is 5. The van der Waals surface area contributed by atoms with Gasteiger partial charge in [0, 0.05) is 37.2 Å². The van der Waals surface area contributed by atoms with Gasteiger partial charge >= 0.3 is 5.97 Å². The number of hydrogen-bond donors (Lipinski definition) is 0. The third-order valence-electron chi connectivity index (χ3n) is 10.1. The predicted octanol–water partition coefficient (Wildman–Crippen LogP) is 7.47. The van der Waals surface area contributed by atoms with Gasteiger partial charge in [0.2, 0.25) is 5.75 Å². The van der Waals surface area contributed by atoms with Gasteiger partial charge in [-0.3, -0.25) is 14.6 Å². The SMILES string of the molecule is CCC(=O)Oc1c(OC)cc2c3c1Oc1cc4c(cc1OC)CCN(C)C4Cc1ccc(cc1)Oc1cc(ccc1OC)CC3N(C)CC2. The molecule has 4 aliphatic rings. The average Bonchev–Trinajstić information content (AvgIpc) is 3.11. The Morgan fingerprint density at radius 1 is 0.735 bits per heavy atom. The van der Waals surface area contributed by atoms with E-state index in [2.05, 4.69) is 54.2 Å². The molecule has 4 heterocycles. The molecule has 256 valence electrons. The Kier molecular flexibility index (Phi) is 9.13. The van der Waals surface area contributed by atoms with Gasteiger partial charge in [-0.05, 0) is 110 Å². The molecule has 4 aliphatic heterocycles. The summed E-state index contributed by atoms with van der Waals surface area (Å²) < 4.78 is 37.1. The fourth-order valence-corrected chi connectivity index (χ4v) is 7.36. The minimum absolute atomic E-state index is 0.106. The van der Waals surface area contributed by atoms with Crippen LogP contribution in [0.15, 0.2) is 60.7 Å². The van der Waals surface area contributed by atoms with Gasteiger partial charge < -0.3 is 28.4 Å². The molecule has 2 atom stereocenters. The van der Waals surface area contributed by atoms with E-state index < -0.39 is 0 Å². The maximum absolute atomic E-state index is 12.9. The number of carbonyl (C=O) groups excluding carboxylic acids is 1. The second-order valence-corrected chi connectivity index (χ2v) is 13.1. The molecule has 49 heavy (non-hydrogen) atoms. The van der Waals surface area contributed by atoms with Crippen molar-refractivity contribution < 1.29 is 33.2 Å². The van der Waals surface area contributed by atoms with Crippen LogP contribution in [0.25, 0.3) is 0 Å². The van der Waals surface area contributed by atoms with Gasteiger partial charge in [-0.1, -0.05) is 25.1 Å². The fourth-order valence-electron chi connectivity index (χ4n) is 7.36. The third kappa shape index (κ3) is 6.29. The average molecular weight is 665 g/mol. The number of ether oxygens (including phenoxy) is 6. The highest BCUT2D eigenvalue weighted by Crippen LogP contribution is 2.52. The van der Waals surface area contributed by atoms with E-state index in [4.69, 9.17) is 28.4 Å². The number of benzene rings is 4. The number of hydrogen-bond acceptors (Lipinski definition) is 9. The first-order valence-electron chi connectivity index (χ1n) is 17.0. The van der Waals surface area contributed by atoms with Crippen LogP contribution in [0.2, 0.25) is 0 Å². The van der Waals surface area contributed by atoms with Crippen molar-refractivity contribution in [1.29, 1.82) is 0 Å². The van der Waals surface area contributed by atoms with E-state index in [1.165, 1.54) is 16.7 Å². The molecule has 6 bridgehead atoms. The Morgan fingerprint density at radius 3 is 2.08 bits per heavy atom. The fraction of sp³-hybridized carbons (Fsp3) is 0.375. The largest absolute Gasteiger partial charge is 0.493 e. The summed E-state index contributed by atoms with van der Waals surface area (Å²) in [7, 11) is 9.20. The van der Waals surface area contributed by atoms with Crippen molar-refractivity contribution in [1.82, 2.24) is 9.80 Å². The molecule has 4 aromatic carbocycles. The van der Waals surface area contributed by atoms with Crippen molar-refractivity contribution in [3.63, 3.8) is 0 Å². The van der Waals surface area contributed by atoms with Crippen LogP contribution in [-0.2, 0) is 30.5 Å². The standard InChI is InChI=1S/C40H44N2O7/c1-7-37(43)49-39-36(46-6)22-27-15-17-42(3)31-19-25-10-13-32(44-4)34(20-25)47-28-11-8-24(9-12-28)18-30-29-23-35(48-40(39)38(27)31)33(45-5)21-26(29)14-16-41(30)2/h8-13,20-23,30-31H,7,14-19H2,1-6H3. The van der Waals surface area contributed by atoms with Crippen molar-refractivity contribution in [2.24, 2.45) is 0 Å². The molecule has 2 unspecified atom stereocenters. The topological polar surface area (TPSA) is 78.9 Å². The maximum atomic E-state index is 12.9. The first kappa shape index (κ1) is 32.8. The summed E-state index contributed by atoms with van der Waals surface area (Å²) in [6.07, 6.45) is 3.31. The van der Waals surface area contributed by atoms with E-state index >= 15 is 0 Å². The molecule has 4 aromatic rings. The summed E-state index contributed by atoms with van der Waals surface area (Å²) in [5, 5.41) is 0. The normalized spacial score (nSPS) is 18.7. The molecule has 0 N–H and O–H groups in total. The Hall–Kier alpha value is -4.73. The smallest absolute Gasteiger partial charge is 0.311 e. The maximum Gasteiger partial charge on any atom is 0.311 e. The van der Waals surface area contributed by atoms with Crippen molar-refractivity contribution >= 4 is 5.97 Å². The molecular formula is C40H44N2O7. The Labute approximate surface area is 288 Å². The highest BCUT2D eigenvalue weighted by Gasteiger charge is 2.35. The summed E-state index contributed by atoms with van der Waals surface area (Å²) in [4.78, 5) is 17.7. The van der Waals surface area contributed by atoms with E-state index in [1.807, 2.05) is 30.3 Å². The van der Waals surface area contributed by atoms with E-state index in [-0.39, 0.29) is 30.2 Å². The lowest BCUT2D eigenvalue weighted by Crippen LogP contribution is -2.34. The van der Waals surface area contributed by atoms with Gasteiger partial charge in [0.25, 0.3) is 0 Å². The first-order valence-corrected chi connectivity index (χ1v) is 17.0. The van der Waals surface area contributed by atoms with E-state index in [9.17, 15) is 4.79 Å². The molecule has 0 aromatic heterocycles. The van der Waals surface area contributed by atoms with Crippen LogP contribution in [0.1, 0.15) is 58.8 Å². The lowest BCUT2D eigenvalue weighted by Gasteiger charge is -2.37. The molecule has 9 heteroatoms. The lowest BCUT2D eigenvalue weighted by molar-refractivity contribution is -0.134. The van der Waals surface area contributed by atoms with Crippen LogP contribution >= 0.6 is 0 Å². The number of esters is 1. The van der Waals surface area contributed by atoms with Crippen molar-refractivity contribution in [2.75, 3.05) is 48.5 Å². The summed E-state index contributed by atoms with van der Waals surface area (Å²) >= 11 is 0. The molecule has 0 radical (unpaired) electrons. The van der Waals surface area contributed by atoms with Crippen LogP contribution in [0.3, 0.4) is 0 Å². The van der Waals surface area contributed by atoms with Crippen LogP contribution in [-0.4, -0.2) is 64.3 Å². The van der Waals surface area contributed by atoms with E-state index in [1.54, 1.807) is 28.3 Å².